The smallest absolute Gasteiger partial charge is 0.257 e. The molecule has 1 aliphatic rings. The predicted octanol–water partition coefficient (Wildman–Crippen LogP) is 2.47. The van der Waals surface area contributed by atoms with Crippen molar-refractivity contribution in [1.82, 2.24) is 19.6 Å². The van der Waals surface area contributed by atoms with E-state index in [-0.39, 0.29) is 11.8 Å². The summed E-state index contributed by atoms with van der Waals surface area (Å²) < 4.78 is 1.70. The van der Waals surface area contributed by atoms with Gasteiger partial charge in [-0.05, 0) is 24.3 Å². The largest absolute Gasteiger partial charge is 0.335 e. The minimum atomic E-state index is -0.0519. The second-order valence-corrected chi connectivity index (χ2v) is 6.46. The normalized spacial score (nSPS) is 14.2. The molecule has 2 amide bonds. The number of para-hydroxylation sites is 1. The second kappa shape index (κ2) is 7.45. The standard InChI is InChI=1S/C21H20N4O2/c26-20(17-7-3-1-4-8-17)23-11-13-24(14-12-23)21(27)18-15-22-25(16-18)19-9-5-2-6-10-19/h1-10,15-16H,11-14H2. The molecular formula is C21H20N4O2. The van der Waals surface area contributed by atoms with E-state index < -0.39 is 0 Å². The van der Waals surface area contributed by atoms with E-state index in [2.05, 4.69) is 5.10 Å². The number of hydrogen-bond donors (Lipinski definition) is 0. The van der Waals surface area contributed by atoms with Crippen LogP contribution in [-0.2, 0) is 0 Å². The van der Waals surface area contributed by atoms with Crippen LogP contribution in [0.25, 0.3) is 5.69 Å². The number of piperazine rings is 1. The van der Waals surface area contributed by atoms with Gasteiger partial charge in [-0.1, -0.05) is 36.4 Å². The Morgan fingerprint density at radius 2 is 1.22 bits per heavy atom. The molecule has 0 bridgehead atoms. The van der Waals surface area contributed by atoms with Gasteiger partial charge in [0.1, 0.15) is 0 Å². The molecule has 27 heavy (non-hydrogen) atoms. The number of aromatic nitrogens is 2. The van der Waals surface area contributed by atoms with Crippen molar-refractivity contribution in [2.75, 3.05) is 26.2 Å². The van der Waals surface area contributed by atoms with Gasteiger partial charge in [0.25, 0.3) is 11.8 Å². The van der Waals surface area contributed by atoms with E-state index in [1.807, 2.05) is 60.7 Å². The zero-order valence-electron chi connectivity index (χ0n) is 14.9. The van der Waals surface area contributed by atoms with Crippen molar-refractivity contribution in [3.8, 4) is 5.69 Å². The lowest BCUT2D eigenvalue weighted by Gasteiger charge is -2.34. The minimum absolute atomic E-state index is 0.0135. The summed E-state index contributed by atoms with van der Waals surface area (Å²) >= 11 is 0. The summed E-state index contributed by atoms with van der Waals surface area (Å²) in [6, 6.07) is 18.9. The molecule has 0 saturated carbocycles. The lowest BCUT2D eigenvalue weighted by Crippen LogP contribution is -2.50. The molecule has 6 nitrogen and oxygen atoms in total. The average molecular weight is 360 g/mol. The Kier molecular flexibility index (Phi) is 4.70. The lowest BCUT2D eigenvalue weighted by molar-refractivity contribution is 0.0535. The van der Waals surface area contributed by atoms with E-state index in [9.17, 15) is 9.59 Å². The van der Waals surface area contributed by atoms with Gasteiger partial charge in [0.15, 0.2) is 0 Å². The molecule has 6 heteroatoms. The molecule has 0 atom stereocenters. The van der Waals surface area contributed by atoms with E-state index in [4.69, 9.17) is 0 Å². The summed E-state index contributed by atoms with van der Waals surface area (Å²) in [6.45, 7) is 2.11. The van der Waals surface area contributed by atoms with Crippen LogP contribution in [-0.4, -0.2) is 57.6 Å². The van der Waals surface area contributed by atoms with Crippen molar-refractivity contribution in [2.24, 2.45) is 0 Å². The molecule has 1 aromatic heterocycles. The first kappa shape index (κ1) is 17.0. The number of amides is 2. The zero-order valence-corrected chi connectivity index (χ0v) is 14.9. The van der Waals surface area contributed by atoms with Crippen molar-refractivity contribution in [1.29, 1.82) is 0 Å². The van der Waals surface area contributed by atoms with Crippen LogP contribution < -0.4 is 0 Å². The fraction of sp³-hybridized carbons (Fsp3) is 0.190. The molecule has 0 spiro atoms. The number of carbonyl (C=O) groups excluding carboxylic acids is 2. The Bertz CT molecular complexity index is 929. The van der Waals surface area contributed by atoms with Crippen molar-refractivity contribution >= 4 is 11.8 Å². The van der Waals surface area contributed by atoms with Crippen molar-refractivity contribution in [3.05, 3.63) is 84.2 Å². The highest BCUT2D eigenvalue weighted by molar-refractivity contribution is 5.95. The van der Waals surface area contributed by atoms with Gasteiger partial charge in [-0.3, -0.25) is 9.59 Å². The highest BCUT2D eigenvalue weighted by Gasteiger charge is 2.26. The summed E-state index contributed by atoms with van der Waals surface area (Å²) in [5.41, 5.74) is 2.15. The maximum Gasteiger partial charge on any atom is 0.257 e. The first-order valence-corrected chi connectivity index (χ1v) is 8.96. The number of hydrogen-bond acceptors (Lipinski definition) is 3. The zero-order chi connectivity index (χ0) is 18.6. The van der Waals surface area contributed by atoms with Crippen LogP contribution in [0, 0.1) is 0 Å². The molecule has 136 valence electrons. The van der Waals surface area contributed by atoms with E-state index in [0.29, 0.717) is 37.3 Å². The Morgan fingerprint density at radius 1 is 0.704 bits per heavy atom. The molecule has 1 fully saturated rings. The van der Waals surface area contributed by atoms with Gasteiger partial charge < -0.3 is 9.80 Å². The molecule has 0 aliphatic carbocycles. The summed E-state index contributed by atoms with van der Waals surface area (Å²) in [7, 11) is 0. The predicted molar refractivity (Wildman–Crippen MR) is 102 cm³/mol. The Labute approximate surface area is 157 Å². The maximum absolute atomic E-state index is 12.8. The third-order valence-electron chi connectivity index (χ3n) is 4.73. The number of rotatable bonds is 3. The van der Waals surface area contributed by atoms with Gasteiger partial charge in [0.05, 0.1) is 17.4 Å². The van der Waals surface area contributed by atoms with Crippen LogP contribution in [0.1, 0.15) is 20.7 Å². The van der Waals surface area contributed by atoms with E-state index in [1.54, 1.807) is 26.9 Å². The van der Waals surface area contributed by atoms with Crippen molar-refractivity contribution in [2.45, 2.75) is 0 Å². The monoisotopic (exact) mass is 360 g/mol. The first-order valence-electron chi connectivity index (χ1n) is 8.96. The third-order valence-corrected chi connectivity index (χ3v) is 4.73. The molecule has 2 aromatic carbocycles. The lowest BCUT2D eigenvalue weighted by atomic mass is 10.1. The Hall–Kier alpha value is -3.41. The van der Waals surface area contributed by atoms with Gasteiger partial charge in [0, 0.05) is 37.9 Å². The van der Waals surface area contributed by atoms with Crippen LogP contribution in [0.3, 0.4) is 0 Å². The van der Waals surface area contributed by atoms with Gasteiger partial charge in [-0.25, -0.2) is 4.68 Å². The highest BCUT2D eigenvalue weighted by atomic mass is 16.2. The van der Waals surface area contributed by atoms with Crippen LogP contribution in [0.4, 0.5) is 0 Å². The number of carbonyl (C=O) groups is 2. The van der Waals surface area contributed by atoms with E-state index in [1.165, 1.54) is 0 Å². The van der Waals surface area contributed by atoms with E-state index in [0.717, 1.165) is 5.69 Å². The number of benzene rings is 2. The summed E-state index contributed by atoms with van der Waals surface area (Å²) in [4.78, 5) is 28.9. The van der Waals surface area contributed by atoms with Crippen LogP contribution in [0.2, 0.25) is 0 Å². The molecule has 3 aromatic rings. The van der Waals surface area contributed by atoms with Gasteiger partial charge in [0.2, 0.25) is 0 Å². The average Bonchev–Trinajstić information content (AvgIpc) is 3.24. The summed E-state index contributed by atoms with van der Waals surface area (Å²) in [5, 5.41) is 4.29. The maximum atomic E-state index is 12.8. The van der Waals surface area contributed by atoms with Crippen LogP contribution >= 0.6 is 0 Å². The van der Waals surface area contributed by atoms with Gasteiger partial charge in [-0.2, -0.15) is 5.10 Å². The summed E-state index contributed by atoms with van der Waals surface area (Å²) in [5.74, 6) is -0.0383. The summed E-state index contributed by atoms with van der Waals surface area (Å²) in [6.07, 6.45) is 3.34. The van der Waals surface area contributed by atoms with Crippen LogP contribution in [0.5, 0.6) is 0 Å². The second-order valence-electron chi connectivity index (χ2n) is 6.46. The fourth-order valence-electron chi connectivity index (χ4n) is 3.21. The van der Waals surface area contributed by atoms with Gasteiger partial charge in [-0.15, -0.1) is 0 Å². The Morgan fingerprint density at radius 3 is 1.81 bits per heavy atom. The third kappa shape index (κ3) is 3.60. The number of nitrogens with zero attached hydrogens (tertiary/aromatic N) is 4. The molecular weight excluding hydrogens is 340 g/mol. The topological polar surface area (TPSA) is 58.4 Å². The van der Waals surface area contributed by atoms with E-state index >= 15 is 0 Å². The van der Waals surface area contributed by atoms with Crippen LogP contribution in [0.15, 0.2) is 73.1 Å². The minimum Gasteiger partial charge on any atom is -0.335 e. The van der Waals surface area contributed by atoms with Crippen molar-refractivity contribution in [3.63, 3.8) is 0 Å². The molecule has 0 unspecified atom stereocenters. The fourth-order valence-corrected chi connectivity index (χ4v) is 3.21. The molecule has 1 saturated heterocycles. The molecule has 2 heterocycles. The van der Waals surface area contributed by atoms with Gasteiger partial charge >= 0.3 is 0 Å². The molecule has 4 rings (SSSR count). The first-order chi connectivity index (χ1) is 13.2. The Balaban J connectivity index is 1.39. The molecule has 0 N–H and O–H groups in total. The quantitative estimate of drug-likeness (QED) is 0.721. The molecule has 1 aliphatic heterocycles. The molecule has 0 radical (unpaired) electrons. The highest BCUT2D eigenvalue weighted by Crippen LogP contribution is 2.13. The van der Waals surface area contributed by atoms with Crippen molar-refractivity contribution < 1.29 is 9.59 Å². The SMILES string of the molecule is O=C(c1ccccc1)N1CCN(C(=O)c2cnn(-c3ccccc3)c2)CC1.